The molecule has 0 amide bonds. The highest BCUT2D eigenvalue weighted by Gasteiger charge is 2.30. The molecule has 0 heterocycles. The molecule has 0 aliphatic heterocycles. The zero-order valence-electron chi connectivity index (χ0n) is 21.7. The number of halogens is 4. The van der Waals surface area contributed by atoms with Gasteiger partial charge in [0.05, 0.1) is 18.8 Å². The number of ether oxygens (including phenoxy) is 3. The van der Waals surface area contributed by atoms with Crippen molar-refractivity contribution >= 4 is 5.97 Å². The zero-order chi connectivity index (χ0) is 27.9. The van der Waals surface area contributed by atoms with Crippen molar-refractivity contribution in [1.29, 1.82) is 0 Å². The van der Waals surface area contributed by atoms with Crippen molar-refractivity contribution in [3.63, 3.8) is 0 Å². The average Bonchev–Trinajstić information content (AvgIpc) is 2.94. The van der Waals surface area contributed by atoms with E-state index in [0.717, 1.165) is 0 Å². The van der Waals surface area contributed by atoms with Crippen LogP contribution in [-0.4, -0.2) is 25.3 Å². The summed E-state index contributed by atoms with van der Waals surface area (Å²) in [5, 5.41) is 0. The SMILES string of the molecule is C=CCCOc1ccc(C2CCC(OC(=O)c3ccc(-c4ccc(OCC)cc4)c(F)c3F)CC2)c(F)c1F. The predicted octanol–water partition coefficient (Wildman–Crippen LogP) is 8.15. The summed E-state index contributed by atoms with van der Waals surface area (Å²) in [5.74, 6) is -5.18. The lowest BCUT2D eigenvalue weighted by molar-refractivity contribution is 0.0188. The molecule has 0 N–H and O–H groups in total. The van der Waals surface area contributed by atoms with E-state index in [0.29, 0.717) is 50.0 Å². The van der Waals surface area contributed by atoms with Crippen LogP contribution in [0.1, 0.15) is 60.9 Å². The summed E-state index contributed by atoms with van der Waals surface area (Å²) < 4.78 is 75.0. The van der Waals surface area contributed by atoms with E-state index < -0.39 is 40.9 Å². The number of benzene rings is 3. The van der Waals surface area contributed by atoms with Gasteiger partial charge in [0.25, 0.3) is 0 Å². The Kier molecular flexibility index (Phi) is 9.28. The normalized spacial score (nSPS) is 16.9. The molecular formula is C31H30F4O4. The van der Waals surface area contributed by atoms with Gasteiger partial charge in [0.1, 0.15) is 11.9 Å². The molecule has 1 saturated carbocycles. The number of carbonyl (C=O) groups is 1. The average molecular weight is 543 g/mol. The molecule has 3 aromatic rings. The number of esters is 1. The van der Waals surface area contributed by atoms with Gasteiger partial charge >= 0.3 is 5.97 Å². The molecule has 0 unspecified atom stereocenters. The van der Waals surface area contributed by atoms with Crippen LogP contribution in [0.25, 0.3) is 11.1 Å². The summed E-state index contributed by atoms with van der Waals surface area (Å²) >= 11 is 0. The fourth-order valence-corrected chi connectivity index (χ4v) is 4.76. The Morgan fingerprint density at radius 2 is 1.59 bits per heavy atom. The minimum Gasteiger partial charge on any atom is -0.494 e. The molecule has 0 atom stereocenters. The van der Waals surface area contributed by atoms with Gasteiger partial charge in [-0.15, -0.1) is 6.58 Å². The number of hydrogen-bond donors (Lipinski definition) is 0. The minimum absolute atomic E-state index is 0.0130. The quantitative estimate of drug-likeness (QED) is 0.112. The minimum atomic E-state index is -1.28. The van der Waals surface area contributed by atoms with Gasteiger partial charge in [-0.1, -0.05) is 30.3 Å². The largest absolute Gasteiger partial charge is 0.494 e. The van der Waals surface area contributed by atoms with Crippen LogP contribution in [0.3, 0.4) is 0 Å². The molecule has 1 fully saturated rings. The van der Waals surface area contributed by atoms with E-state index in [9.17, 15) is 22.4 Å². The topological polar surface area (TPSA) is 44.8 Å². The standard InChI is InChI=1S/C31H30F4O4/c1-3-5-18-38-26-17-16-24(28(33)30(26)35)20-8-12-22(13-9-20)39-31(36)25-15-14-23(27(32)29(25)34)19-6-10-21(11-7-19)37-4-2/h3,6-7,10-11,14-17,20,22H,1,4-5,8-9,12-13,18H2,2H3. The summed E-state index contributed by atoms with van der Waals surface area (Å²) in [6.45, 7) is 6.08. The lowest BCUT2D eigenvalue weighted by Gasteiger charge is -2.29. The van der Waals surface area contributed by atoms with Gasteiger partial charge in [0.2, 0.25) is 5.82 Å². The molecule has 0 aromatic heterocycles. The zero-order valence-corrected chi connectivity index (χ0v) is 21.7. The fraction of sp³-hybridized carbons (Fsp3) is 0.323. The monoisotopic (exact) mass is 542 g/mol. The van der Waals surface area contributed by atoms with Crippen LogP contribution in [-0.2, 0) is 4.74 Å². The summed E-state index contributed by atoms with van der Waals surface area (Å²) in [6.07, 6.45) is 3.23. The summed E-state index contributed by atoms with van der Waals surface area (Å²) in [6, 6.07) is 12.0. The molecule has 3 aromatic carbocycles. The van der Waals surface area contributed by atoms with E-state index in [1.165, 1.54) is 24.3 Å². The summed E-state index contributed by atoms with van der Waals surface area (Å²) in [7, 11) is 0. The molecule has 0 bridgehead atoms. The lowest BCUT2D eigenvalue weighted by Crippen LogP contribution is -2.25. The Bertz CT molecular complexity index is 1320. The second-order valence-electron chi connectivity index (χ2n) is 9.33. The molecule has 8 heteroatoms. The number of rotatable bonds is 10. The highest BCUT2D eigenvalue weighted by Crippen LogP contribution is 2.38. The van der Waals surface area contributed by atoms with Gasteiger partial charge in [0, 0.05) is 5.56 Å². The van der Waals surface area contributed by atoms with E-state index >= 15 is 0 Å². The molecule has 0 radical (unpaired) electrons. The molecule has 0 saturated heterocycles. The molecule has 1 aliphatic carbocycles. The number of hydrogen-bond acceptors (Lipinski definition) is 4. The Hall–Kier alpha value is -3.81. The molecule has 4 nitrogen and oxygen atoms in total. The van der Waals surface area contributed by atoms with Crippen LogP contribution < -0.4 is 9.47 Å². The first-order chi connectivity index (χ1) is 18.8. The smallest absolute Gasteiger partial charge is 0.341 e. The molecule has 1 aliphatic rings. The van der Waals surface area contributed by atoms with E-state index in [1.807, 2.05) is 6.92 Å². The third-order valence-corrected chi connectivity index (χ3v) is 6.82. The van der Waals surface area contributed by atoms with Crippen molar-refractivity contribution in [3.05, 3.63) is 95.6 Å². The third-order valence-electron chi connectivity index (χ3n) is 6.82. The highest BCUT2D eigenvalue weighted by atomic mass is 19.2. The number of carbonyl (C=O) groups excluding carboxylic acids is 1. The molecule has 4 rings (SSSR count). The van der Waals surface area contributed by atoms with E-state index in [1.54, 1.807) is 30.3 Å². The maximum absolute atomic E-state index is 14.9. The maximum Gasteiger partial charge on any atom is 0.341 e. The van der Waals surface area contributed by atoms with E-state index in [4.69, 9.17) is 14.2 Å². The van der Waals surface area contributed by atoms with Crippen LogP contribution in [0.15, 0.2) is 61.2 Å². The molecular weight excluding hydrogens is 512 g/mol. The Morgan fingerprint density at radius 3 is 2.26 bits per heavy atom. The Labute approximate surface area is 225 Å². The van der Waals surface area contributed by atoms with Crippen molar-refractivity contribution in [2.24, 2.45) is 0 Å². The van der Waals surface area contributed by atoms with Crippen molar-refractivity contribution < 1.29 is 36.6 Å². The highest BCUT2D eigenvalue weighted by molar-refractivity contribution is 5.90. The second kappa shape index (κ2) is 12.8. The van der Waals surface area contributed by atoms with Gasteiger partial charge in [0.15, 0.2) is 23.2 Å². The van der Waals surface area contributed by atoms with Crippen molar-refractivity contribution in [2.75, 3.05) is 13.2 Å². The van der Waals surface area contributed by atoms with Gasteiger partial charge in [-0.3, -0.25) is 0 Å². The van der Waals surface area contributed by atoms with Crippen molar-refractivity contribution in [3.8, 4) is 22.6 Å². The molecule has 206 valence electrons. The molecule has 0 spiro atoms. The van der Waals surface area contributed by atoms with Gasteiger partial charge in [-0.2, -0.15) is 4.39 Å². The van der Waals surface area contributed by atoms with Crippen molar-refractivity contribution in [1.82, 2.24) is 0 Å². The van der Waals surface area contributed by atoms with Crippen molar-refractivity contribution in [2.45, 2.75) is 51.0 Å². The van der Waals surface area contributed by atoms with Crippen LogP contribution in [0.4, 0.5) is 17.6 Å². The first-order valence-corrected chi connectivity index (χ1v) is 13.0. The Morgan fingerprint density at radius 1 is 0.872 bits per heavy atom. The third kappa shape index (κ3) is 6.44. The predicted molar refractivity (Wildman–Crippen MR) is 140 cm³/mol. The summed E-state index contributed by atoms with van der Waals surface area (Å²) in [5.41, 5.74) is 0.197. The van der Waals surface area contributed by atoms with Crippen LogP contribution in [0.5, 0.6) is 11.5 Å². The first kappa shape index (κ1) is 28.2. The van der Waals surface area contributed by atoms with Crippen LogP contribution in [0.2, 0.25) is 0 Å². The maximum atomic E-state index is 14.9. The van der Waals surface area contributed by atoms with E-state index in [2.05, 4.69) is 6.58 Å². The van der Waals surface area contributed by atoms with Gasteiger partial charge in [-0.05, 0) is 80.3 Å². The second-order valence-corrected chi connectivity index (χ2v) is 9.33. The van der Waals surface area contributed by atoms with Crippen LogP contribution >= 0.6 is 0 Å². The summed E-state index contributed by atoms with van der Waals surface area (Å²) in [4.78, 5) is 12.7. The fourth-order valence-electron chi connectivity index (χ4n) is 4.76. The van der Waals surface area contributed by atoms with Gasteiger partial charge in [-0.25, -0.2) is 18.0 Å². The lowest BCUT2D eigenvalue weighted by atomic mass is 9.82. The van der Waals surface area contributed by atoms with Crippen LogP contribution in [0, 0.1) is 23.3 Å². The first-order valence-electron chi connectivity index (χ1n) is 13.0. The Balaban J connectivity index is 1.37. The molecule has 39 heavy (non-hydrogen) atoms. The van der Waals surface area contributed by atoms with Gasteiger partial charge < -0.3 is 14.2 Å². The van der Waals surface area contributed by atoms with E-state index in [-0.39, 0.29) is 29.4 Å².